The summed E-state index contributed by atoms with van der Waals surface area (Å²) >= 11 is 6.20. The van der Waals surface area contributed by atoms with Crippen molar-refractivity contribution >= 4 is 40.8 Å². The molecule has 4 fully saturated rings. The van der Waals surface area contributed by atoms with Crippen LogP contribution in [0.2, 0.25) is 5.02 Å². The number of piperidine rings is 2. The van der Waals surface area contributed by atoms with Gasteiger partial charge in [0, 0.05) is 49.7 Å². The van der Waals surface area contributed by atoms with Gasteiger partial charge >= 0.3 is 0 Å². The summed E-state index contributed by atoms with van der Waals surface area (Å²) in [6, 6.07) is 13.8. The number of benzene rings is 2. The van der Waals surface area contributed by atoms with Crippen molar-refractivity contribution in [1.29, 1.82) is 0 Å². The average molecular weight is 601 g/mol. The predicted octanol–water partition coefficient (Wildman–Crippen LogP) is 4.66. The molecular formula is C34H37ClN4O4. The molecule has 43 heavy (non-hydrogen) atoms. The van der Waals surface area contributed by atoms with Crippen LogP contribution < -0.4 is 5.32 Å². The molecule has 4 saturated heterocycles. The normalized spacial score (nSPS) is 27.3. The van der Waals surface area contributed by atoms with Crippen LogP contribution in [0.3, 0.4) is 0 Å². The summed E-state index contributed by atoms with van der Waals surface area (Å²) in [5.74, 6) is -1.88. The quantitative estimate of drug-likeness (QED) is 0.485. The smallest absolute Gasteiger partial charge is 0.262 e. The van der Waals surface area contributed by atoms with E-state index in [1.807, 2.05) is 24.3 Å². The van der Waals surface area contributed by atoms with Gasteiger partial charge in [0.1, 0.15) is 6.04 Å². The van der Waals surface area contributed by atoms with Crippen LogP contribution in [0, 0.1) is 5.41 Å². The minimum Gasteiger partial charge on any atom is -0.296 e. The molecule has 1 aliphatic carbocycles. The fourth-order valence-electron chi connectivity index (χ4n) is 7.72. The number of rotatable bonds is 6. The van der Waals surface area contributed by atoms with Crippen LogP contribution in [0.25, 0.3) is 5.57 Å². The lowest BCUT2D eigenvalue weighted by Crippen LogP contribution is -2.68. The molecule has 2 aromatic carbocycles. The predicted molar refractivity (Wildman–Crippen MR) is 163 cm³/mol. The summed E-state index contributed by atoms with van der Waals surface area (Å²) in [7, 11) is 0. The average Bonchev–Trinajstić information content (AvgIpc) is 3.21. The van der Waals surface area contributed by atoms with Crippen LogP contribution in [0.15, 0.2) is 48.0 Å². The van der Waals surface area contributed by atoms with Crippen LogP contribution in [0.5, 0.6) is 0 Å². The third-order valence-electron chi connectivity index (χ3n) is 10.1. The van der Waals surface area contributed by atoms with Crippen molar-refractivity contribution in [2.45, 2.75) is 77.0 Å². The van der Waals surface area contributed by atoms with E-state index in [2.05, 4.69) is 41.1 Å². The molecular weight excluding hydrogens is 564 g/mol. The van der Waals surface area contributed by atoms with E-state index < -0.39 is 23.8 Å². The molecule has 0 aromatic heterocycles. The Morgan fingerprint density at radius 2 is 1.63 bits per heavy atom. The Balaban J connectivity index is 1.02. The molecule has 5 heterocycles. The lowest BCUT2D eigenvalue weighted by atomic mass is 9.72. The Kier molecular flexibility index (Phi) is 7.07. The molecule has 6 aliphatic rings. The maximum Gasteiger partial charge on any atom is 0.262 e. The van der Waals surface area contributed by atoms with Crippen LogP contribution >= 0.6 is 11.6 Å². The molecule has 3 atom stereocenters. The molecule has 0 spiro atoms. The Morgan fingerprint density at radius 1 is 0.907 bits per heavy atom. The second-order valence-corrected chi connectivity index (χ2v) is 14.1. The number of carbonyl (C=O) groups is 4. The highest BCUT2D eigenvalue weighted by Gasteiger charge is 2.46. The van der Waals surface area contributed by atoms with E-state index in [1.54, 1.807) is 11.6 Å². The summed E-state index contributed by atoms with van der Waals surface area (Å²) < 4.78 is 0. The molecule has 1 N–H and O–H groups in total. The van der Waals surface area contributed by atoms with Crippen LogP contribution in [-0.2, 0) is 16.1 Å². The second kappa shape index (κ2) is 10.7. The molecule has 3 unspecified atom stereocenters. The number of piperazine rings is 1. The molecule has 0 radical (unpaired) electrons. The number of hydrogen-bond acceptors (Lipinski definition) is 6. The van der Waals surface area contributed by atoms with Crippen molar-refractivity contribution in [1.82, 2.24) is 20.0 Å². The molecule has 8 nitrogen and oxygen atoms in total. The lowest BCUT2D eigenvalue weighted by Gasteiger charge is -2.57. The zero-order valence-corrected chi connectivity index (χ0v) is 25.5. The Hall–Kier alpha value is -3.33. The number of hydrogen-bond donors (Lipinski definition) is 1. The minimum atomic E-state index is -0.945. The van der Waals surface area contributed by atoms with Crippen molar-refractivity contribution in [3.63, 3.8) is 0 Å². The van der Waals surface area contributed by atoms with Crippen molar-refractivity contribution in [2.24, 2.45) is 5.41 Å². The number of nitrogens with zero attached hydrogens (tertiary/aromatic N) is 3. The third kappa shape index (κ3) is 5.23. The first kappa shape index (κ1) is 28.4. The van der Waals surface area contributed by atoms with Gasteiger partial charge in [0.15, 0.2) is 0 Å². The fourth-order valence-corrected chi connectivity index (χ4v) is 7.85. The first-order chi connectivity index (χ1) is 20.6. The number of halogens is 1. The number of amides is 4. The van der Waals surface area contributed by atoms with Gasteiger partial charge < -0.3 is 0 Å². The number of allylic oxidation sites excluding steroid dienone is 1. The number of nitrogens with one attached hydrogen (secondary N) is 1. The molecule has 2 aromatic rings. The molecule has 0 saturated carbocycles. The maximum absolute atomic E-state index is 13.3. The Morgan fingerprint density at radius 3 is 2.35 bits per heavy atom. The Bertz CT molecular complexity index is 1550. The maximum atomic E-state index is 13.3. The summed E-state index contributed by atoms with van der Waals surface area (Å²) in [6.07, 6.45) is 4.90. The van der Waals surface area contributed by atoms with E-state index in [-0.39, 0.29) is 18.7 Å². The SMILES string of the molecule is CC1(C)CCC(CN2C3CC2CN(Cc2ccc4c(c2)C(=O)N(C2CCC(=O)NC2=O)C4=O)C3)=C(c2ccc(Cl)cc2)C1. The topological polar surface area (TPSA) is 90.0 Å². The van der Waals surface area contributed by atoms with E-state index in [1.165, 1.54) is 24.0 Å². The minimum absolute atomic E-state index is 0.112. The Labute approximate surface area is 257 Å². The van der Waals surface area contributed by atoms with Gasteiger partial charge in [-0.25, -0.2) is 0 Å². The number of fused-ring (bicyclic) bond motifs is 3. The van der Waals surface area contributed by atoms with Gasteiger partial charge in [0.25, 0.3) is 11.8 Å². The van der Waals surface area contributed by atoms with Crippen molar-refractivity contribution < 1.29 is 19.2 Å². The zero-order chi connectivity index (χ0) is 30.0. The van der Waals surface area contributed by atoms with Crippen molar-refractivity contribution in [3.8, 4) is 0 Å². The fraction of sp³-hybridized carbons (Fsp3) is 0.471. The van der Waals surface area contributed by atoms with Crippen LogP contribution in [0.4, 0.5) is 0 Å². The number of imide groups is 2. The van der Waals surface area contributed by atoms with E-state index in [9.17, 15) is 19.2 Å². The zero-order valence-electron chi connectivity index (χ0n) is 24.7. The molecule has 2 bridgehead atoms. The molecule has 9 heteroatoms. The first-order valence-electron chi connectivity index (χ1n) is 15.4. The van der Waals surface area contributed by atoms with Gasteiger partial charge in [-0.1, -0.05) is 49.2 Å². The van der Waals surface area contributed by atoms with E-state index in [0.29, 0.717) is 35.2 Å². The van der Waals surface area contributed by atoms with Crippen LogP contribution in [0.1, 0.15) is 84.2 Å². The summed E-state index contributed by atoms with van der Waals surface area (Å²) in [6.45, 7) is 8.40. The van der Waals surface area contributed by atoms with Crippen LogP contribution in [-0.4, -0.2) is 76.1 Å². The van der Waals surface area contributed by atoms with Crippen molar-refractivity contribution in [2.75, 3.05) is 19.6 Å². The standard InChI is InChI=1S/C34H37ClN4O4/c1-34(2)12-11-22(28(15-34)21-4-6-23(35)7-5-21)17-38-24-14-25(38)19-37(18-24)16-20-3-8-26-27(13-20)33(43)39(32(26)42)29-9-10-30(40)36-31(29)41/h3-8,13,24-25,29H,9-12,14-19H2,1-2H3,(H,36,40,41). The summed E-state index contributed by atoms with van der Waals surface area (Å²) in [4.78, 5) is 56.4. The first-order valence-corrected chi connectivity index (χ1v) is 15.7. The van der Waals surface area contributed by atoms with Crippen molar-refractivity contribution in [3.05, 3.63) is 75.3 Å². The van der Waals surface area contributed by atoms with E-state index in [4.69, 9.17) is 11.6 Å². The van der Waals surface area contributed by atoms with E-state index in [0.717, 1.165) is 48.0 Å². The highest BCUT2D eigenvalue weighted by Crippen LogP contribution is 2.45. The third-order valence-corrected chi connectivity index (χ3v) is 10.3. The van der Waals surface area contributed by atoms with Gasteiger partial charge in [-0.15, -0.1) is 0 Å². The van der Waals surface area contributed by atoms with Gasteiger partial charge in [-0.2, -0.15) is 0 Å². The molecule has 224 valence electrons. The molecule has 8 rings (SSSR count). The van der Waals surface area contributed by atoms with Gasteiger partial charge in [0.05, 0.1) is 11.1 Å². The highest BCUT2D eigenvalue weighted by molar-refractivity contribution is 6.30. The number of carbonyl (C=O) groups excluding carboxylic acids is 4. The highest BCUT2D eigenvalue weighted by atomic mass is 35.5. The monoisotopic (exact) mass is 600 g/mol. The summed E-state index contributed by atoms with van der Waals surface area (Å²) in [5.41, 5.74) is 6.29. The lowest BCUT2D eigenvalue weighted by molar-refractivity contribution is -0.136. The van der Waals surface area contributed by atoms with Gasteiger partial charge in [0.2, 0.25) is 11.8 Å². The molecule has 4 amide bonds. The second-order valence-electron chi connectivity index (χ2n) is 13.7. The van der Waals surface area contributed by atoms with E-state index >= 15 is 0 Å². The van der Waals surface area contributed by atoms with Gasteiger partial charge in [-0.05, 0) is 78.5 Å². The van der Waals surface area contributed by atoms with Gasteiger partial charge in [-0.3, -0.25) is 39.2 Å². The largest absolute Gasteiger partial charge is 0.296 e. The summed E-state index contributed by atoms with van der Waals surface area (Å²) in [5, 5.41) is 3.02. The molecule has 5 aliphatic heterocycles.